The molecule has 0 fully saturated rings. The number of nitrogens with one attached hydrogen (secondary N) is 1. The molecule has 35 heavy (non-hydrogen) atoms. The SMILES string of the molecule is O=C(NCc1noc(-c2c3ccccc3nn2CCn2ccnc2)n1)c1cccc2ccccc12. The molecule has 6 aromatic rings. The third-order valence-corrected chi connectivity index (χ3v) is 5.89. The summed E-state index contributed by atoms with van der Waals surface area (Å²) in [5, 5.41) is 14.6. The fourth-order valence-electron chi connectivity index (χ4n) is 4.20. The number of amides is 1. The molecule has 0 aliphatic rings. The van der Waals surface area contributed by atoms with E-state index in [-0.39, 0.29) is 12.5 Å². The lowest BCUT2D eigenvalue weighted by Gasteiger charge is -2.06. The van der Waals surface area contributed by atoms with Crippen molar-refractivity contribution in [3.8, 4) is 11.6 Å². The maximum absolute atomic E-state index is 12.9. The standard InChI is InChI=1S/C26H21N7O2/c34-25(20-10-5-7-18-6-1-2-8-19(18)20)28-16-23-29-26(35-31-23)24-21-9-3-4-11-22(21)30-33(24)15-14-32-13-12-27-17-32/h1-13,17H,14-16H2,(H,28,34). The molecule has 0 aliphatic carbocycles. The quantitative estimate of drug-likeness (QED) is 0.383. The molecule has 172 valence electrons. The van der Waals surface area contributed by atoms with E-state index >= 15 is 0 Å². The van der Waals surface area contributed by atoms with Crippen molar-refractivity contribution >= 4 is 27.6 Å². The monoisotopic (exact) mass is 463 g/mol. The number of hydrogen-bond acceptors (Lipinski definition) is 6. The van der Waals surface area contributed by atoms with E-state index in [9.17, 15) is 4.79 Å². The van der Waals surface area contributed by atoms with Gasteiger partial charge in [-0.15, -0.1) is 0 Å². The van der Waals surface area contributed by atoms with Gasteiger partial charge in [0.15, 0.2) is 5.82 Å². The molecule has 1 amide bonds. The number of carbonyl (C=O) groups excluding carboxylic acids is 1. The minimum atomic E-state index is -0.191. The van der Waals surface area contributed by atoms with E-state index in [4.69, 9.17) is 9.62 Å². The number of nitrogens with zero attached hydrogens (tertiary/aromatic N) is 6. The Hall–Kier alpha value is -4.79. The second-order valence-corrected chi connectivity index (χ2v) is 8.11. The van der Waals surface area contributed by atoms with Crippen molar-refractivity contribution in [2.24, 2.45) is 0 Å². The second kappa shape index (κ2) is 8.86. The first kappa shape index (κ1) is 20.8. The highest BCUT2D eigenvalue weighted by molar-refractivity contribution is 6.06. The van der Waals surface area contributed by atoms with Crippen LogP contribution < -0.4 is 5.32 Å². The van der Waals surface area contributed by atoms with Gasteiger partial charge < -0.3 is 14.4 Å². The fourth-order valence-corrected chi connectivity index (χ4v) is 4.20. The van der Waals surface area contributed by atoms with Crippen LogP contribution in [0.5, 0.6) is 0 Å². The summed E-state index contributed by atoms with van der Waals surface area (Å²) in [5.41, 5.74) is 2.20. The molecule has 0 saturated heterocycles. The Bertz CT molecular complexity index is 1630. The van der Waals surface area contributed by atoms with Crippen LogP contribution >= 0.6 is 0 Å². The van der Waals surface area contributed by atoms with Crippen molar-refractivity contribution in [3.05, 3.63) is 96.8 Å². The second-order valence-electron chi connectivity index (χ2n) is 8.11. The number of fused-ring (bicyclic) bond motifs is 2. The lowest BCUT2D eigenvalue weighted by Crippen LogP contribution is -2.23. The van der Waals surface area contributed by atoms with E-state index < -0.39 is 0 Å². The van der Waals surface area contributed by atoms with Crippen molar-refractivity contribution in [1.82, 2.24) is 34.8 Å². The number of aryl methyl sites for hydroxylation is 2. The third-order valence-electron chi connectivity index (χ3n) is 5.89. The summed E-state index contributed by atoms with van der Waals surface area (Å²) < 4.78 is 9.47. The Kier molecular flexibility index (Phi) is 5.27. The van der Waals surface area contributed by atoms with E-state index in [1.165, 1.54) is 0 Å². The normalized spacial score (nSPS) is 11.3. The van der Waals surface area contributed by atoms with Gasteiger partial charge in [0, 0.05) is 29.9 Å². The van der Waals surface area contributed by atoms with Gasteiger partial charge in [0.05, 0.1) is 24.9 Å². The van der Waals surface area contributed by atoms with E-state index in [1.807, 2.05) is 82.2 Å². The number of imidazole rings is 1. The van der Waals surface area contributed by atoms with Crippen LogP contribution in [0.3, 0.4) is 0 Å². The molecule has 1 N–H and O–H groups in total. The zero-order valence-electron chi connectivity index (χ0n) is 18.7. The molecule has 9 nitrogen and oxygen atoms in total. The first-order chi connectivity index (χ1) is 17.3. The van der Waals surface area contributed by atoms with Gasteiger partial charge in [-0.25, -0.2) is 4.98 Å². The molecule has 9 heteroatoms. The van der Waals surface area contributed by atoms with Gasteiger partial charge in [0.1, 0.15) is 5.69 Å². The van der Waals surface area contributed by atoms with Crippen LogP contribution in [0.15, 0.2) is 90.0 Å². The van der Waals surface area contributed by atoms with Crippen LogP contribution in [0.1, 0.15) is 16.2 Å². The fraction of sp³-hybridized carbons (Fsp3) is 0.115. The van der Waals surface area contributed by atoms with Crippen LogP contribution in [0, 0.1) is 0 Å². The summed E-state index contributed by atoms with van der Waals surface area (Å²) in [6.07, 6.45) is 5.43. The average Bonchev–Trinajstić information content (AvgIpc) is 3.65. The summed E-state index contributed by atoms with van der Waals surface area (Å²) in [5.74, 6) is 0.558. The highest BCUT2D eigenvalue weighted by Gasteiger charge is 2.20. The van der Waals surface area contributed by atoms with Crippen LogP contribution in [-0.4, -0.2) is 35.4 Å². The highest BCUT2D eigenvalue weighted by atomic mass is 16.5. The van der Waals surface area contributed by atoms with Crippen LogP contribution in [0.2, 0.25) is 0 Å². The summed E-state index contributed by atoms with van der Waals surface area (Å²) >= 11 is 0. The van der Waals surface area contributed by atoms with E-state index in [0.717, 1.165) is 27.4 Å². The summed E-state index contributed by atoms with van der Waals surface area (Å²) in [6.45, 7) is 1.45. The Morgan fingerprint density at radius 3 is 2.66 bits per heavy atom. The van der Waals surface area contributed by atoms with Crippen LogP contribution in [0.4, 0.5) is 0 Å². The lowest BCUT2D eigenvalue weighted by molar-refractivity contribution is 0.0951. The first-order valence-electron chi connectivity index (χ1n) is 11.3. The van der Waals surface area contributed by atoms with Crippen LogP contribution in [0.25, 0.3) is 33.3 Å². The topological polar surface area (TPSA) is 104 Å². The molecule has 0 unspecified atom stereocenters. The Morgan fingerprint density at radius 1 is 0.943 bits per heavy atom. The van der Waals surface area contributed by atoms with Crippen molar-refractivity contribution in [2.75, 3.05) is 0 Å². The van der Waals surface area contributed by atoms with Gasteiger partial charge in [-0.3, -0.25) is 9.48 Å². The van der Waals surface area contributed by atoms with Crippen molar-refractivity contribution < 1.29 is 9.32 Å². The molecule has 0 aliphatic heterocycles. The van der Waals surface area contributed by atoms with Crippen molar-refractivity contribution in [1.29, 1.82) is 0 Å². The maximum Gasteiger partial charge on any atom is 0.276 e. The molecular weight excluding hydrogens is 442 g/mol. The van der Waals surface area contributed by atoms with E-state index in [1.54, 1.807) is 12.5 Å². The zero-order chi connectivity index (χ0) is 23.6. The Labute approximate surface area is 200 Å². The molecule has 3 aromatic heterocycles. The van der Waals surface area contributed by atoms with Gasteiger partial charge in [-0.1, -0.05) is 59.8 Å². The van der Waals surface area contributed by atoms with Crippen molar-refractivity contribution in [2.45, 2.75) is 19.6 Å². The van der Waals surface area contributed by atoms with E-state index in [0.29, 0.717) is 30.4 Å². The Balaban J connectivity index is 1.24. The first-order valence-corrected chi connectivity index (χ1v) is 11.3. The minimum absolute atomic E-state index is 0.145. The van der Waals surface area contributed by atoms with E-state index in [2.05, 4.69) is 20.4 Å². The molecular formula is C26H21N7O2. The van der Waals surface area contributed by atoms with Crippen LogP contribution in [-0.2, 0) is 19.6 Å². The zero-order valence-corrected chi connectivity index (χ0v) is 18.7. The number of hydrogen-bond donors (Lipinski definition) is 1. The molecule has 0 spiro atoms. The predicted molar refractivity (Wildman–Crippen MR) is 130 cm³/mol. The summed E-state index contributed by atoms with van der Waals surface area (Å²) in [7, 11) is 0. The third kappa shape index (κ3) is 4.04. The highest BCUT2D eigenvalue weighted by Crippen LogP contribution is 2.28. The molecule has 3 aromatic carbocycles. The largest absolute Gasteiger partial charge is 0.345 e. The molecule has 0 saturated carbocycles. The number of carbonyl (C=O) groups is 1. The molecule has 3 heterocycles. The summed E-state index contributed by atoms with van der Waals surface area (Å²) in [4.78, 5) is 21.5. The molecule has 0 atom stereocenters. The minimum Gasteiger partial charge on any atom is -0.345 e. The number of rotatable bonds is 7. The maximum atomic E-state index is 12.9. The smallest absolute Gasteiger partial charge is 0.276 e. The van der Waals surface area contributed by atoms with Gasteiger partial charge in [0.2, 0.25) is 0 Å². The predicted octanol–water partition coefficient (Wildman–Crippen LogP) is 4.07. The average molecular weight is 464 g/mol. The lowest BCUT2D eigenvalue weighted by atomic mass is 10.0. The van der Waals surface area contributed by atoms with Gasteiger partial charge >= 0.3 is 0 Å². The molecule has 6 rings (SSSR count). The van der Waals surface area contributed by atoms with Gasteiger partial charge in [0.25, 0.3) is 11.8 Å². The summed E-state index contributed by atoms with van der Waals surface area (Å²) in [6, 6.07) is 21.3. The van der Waals surface area contributed by atoms with Gasteiger partial charge in [-0.05, 0) is 22.9 Å². The Morgan fingerprint density at radius 2 is 1.77 bits per heavy atom. The van der Waals surface area contributed by atoms with Gasteiger partial charge in [-0.2, -0.15) is 10.1 Å². The molecule has 0 radical (unpaired) electrons. The number of aromatic nitrogens is 6. The molecule has 0 bridgehead atoms. The number of benzene rings is 3. The van der Waals surface area contributed by atoms with Crippen molar-refractivity contribution in [3.63, 3.8) is 0 Å².